The van der Waals surface area contributed by atoms with E-state index >= 15 is 0 Å². The predicted molar refractivity (Wildman–Crippen MR) is 157 cm³/mol. The lowest BCUT2D eigenvalue weighted by Crippen LogP contribution is -2.55. The summed E-state index contributed by atoms with van der Waals surface area (Å²) >= 11 is 6.78. The molecule has 0 saturated carbocycles. The van der Waals surface area contributed by atoms with E-state index in [2.05, 4.69) is 15.3 Å². The Labute approximate surface area is 242 Å². The fourth-order valence-corrected chi connectivity index (χ4v) is 5.83. The van der Waals surface area contributed by atoms with Crippen molar-refractivity contribution in [3.05, 3.63) is 75.2 Å². The normalized spacial score (nSPS) is 18.8. The standard InChI is InChI=1S/C30H31ClFN7O2/c1-16(2)24-26(17(3)9-10-33-24)39-28-20(13-21(31)25(35-28)19-7-5-6-8-22(19)32)27(36-30(39)41)38-12-11-37(15-18(38)4)29(40)23-14-34-23/h5-10,13,16,18,23,34H,11-12,14-15H2,1-4H3/t18-,23+/m0/s1. The molecular weight excluding hydrogens is 545 g/mol. The third kappa shape index (κ3) is 4.85. The molecule has 9 nitrogen and oxygen atoms in total. The Balaban J connectivity index is 1.58. The van der Waals surface area contributed by atoms with Gasteiger partial charge in [0, 0.05) is 44.0 Å². The van der Waals surface area contributed by atoms with Gasteiger partial charge in [0.15, 0.2) is 5.65 Å². The number of amides is 1. The molecule has 2 aliphatic rings. The number of hydrogen-bond acceptors (Lipinski definition) is 7. The van der Waals surface area contributed by atoms with Gasteiger partial charge in [0.25, 0.3) is 0 Å². The second-order valence-corrected chi connectivity index (χ2v) is 11.4. The van der Waals surface area contributed by atoms with Gasteiger partial charge < -0.3 is 15.1 Å². The highest BCUT2D eigenvalue weighted by atomic mass is 35.5. The Kier molecular flexibility index (Phi) is 6.99. The number of nitrogens with zero attached hydrogens (tertiary/aromatic N) is 6. The van der Waals surface area contributed by atoms with Crippen molar-refractivity contribution in [1.82, 2.24) is 29.7 Å². The van der Waals surface area contributed by atoms with E-state index in [1.807, 2.05) is 43.6 Å². The average Bonchev–Trinajstić information content (AvgIpc) is 3.79. The first-order valence-corrected chi connectivity index (χ1v) is 14.2. The monoisotopic (exact) mass is 575 g/mol. The summed E-state index contributed by atoms with van der Waals surface area (Å²) in [6, 6.07) is 9.62. The van der Waals surface area contributed by atoms with Crippen LogP contribution in [0.15, 0.2) is 47.4 Å². The van der Waals surface area contributed by atoms with E-state index < -0.39 is 11.5 Å². The molecule has 41 heavy (non-hydrogen) atoms. The number of fused-ring (bicyclic) bond motifs is 1. The van der Waals surface area contributed by atoms with Crippen molar-refractivity contribution in [2.45, 2.75) is 45.7 Å². The largest absolute Gasteiger partial charge is 0.355 e. The van der Waals surface area contributed by atoms with Crippen LogP contribution in [0.3, 0.4) is 0 Å². The molecular formula is C30H31ClFN7O2. The maximum atomic E-state index is 14.9. The Morgan fingerprint density at radius 3 is 2.61 bits per heavy atom. The zero-order valence-electron chi connectivity index (χ0n) is 23.4. The van der Waals surface area contributed by atoms with Gasteiger partial charge in [0.2, 0.25) is 5.91 Å². The van der Waals surface area contributed by atoms with Crippen LogP contribution < -0.4 is 15.9 Å². The molecule has 0 unspecified atom stereocenters. The molecule has 0 bridgehead atoms. The number of benzene rings is 1. The molecule has 1 aromatic carbocycles. The van der Waals surface area contributed by atoms with Crippen LogP contribution in [0.4, 0.5) is 10.2 Å². The Morgan fingerprint density at radius 1 is 1.17 bits per heavy atom. The van der Waals surface area contributed by atoms with Gasteiger partial charge in [0.1, 0.15) is 11.6 Å². The fraction of sp³-hybridized carbons (Fsp3) is 0.367. The van der Waals surface area contributed by atoms with Gasteiger partial charge in [0.05, 0.1) is 33.5 Å². The van der Waals surface area contributed by atoms with E-state index in [-0.39, 0.29) is 40.2 Å². The van der Waals surface area contributed by atoms with Gasteiger partial charge in [-0.1, -0.05) is 37.6 Å². The molecule has 0 radical (unpaired) electrons. The molecule has 11 heteroatoms. The van der Waals surface area contributed by atoms with E-state index in [9.17, 15) is 14.0 Å². The number of anilines is 1. The van der Waals surface area contributed by atoms with Crippen LogP contribution in [0.1, 0.15) is 37.9 Å². The van der Waals surface area contributed by atoms with Gasteiger partial charge >= 0.3 is 5.69 Å². The van der Waals surface area contributed by atoms with Crippen LogP contribution in [0.2, 0.25) is 5.02 Å². The topological polar surface area (TPSA) is 106 Å². The lowest BCUT2D eigenvalue weighted by atomic mass is 10.0. The van der Waals surface area contributed by atoms with Gasteiger partial charge in [-0.2, -0.15) is 4.98 Å². The van der Waals surface area contributed by atoms with Crippen molar-refractivity contribution >= 4 is 34.4 Å². The van der Waals surface area contributed by atoms with Gasteiger partial charge in [-0.15, -0.1) is 0 Å². The third-order valence-corrected chi connectivity index (χ3v) is 8.06. The predicted octanol–water partition coefficient (Wildman–Crippen LogP) is 4.08. The minimum absolute atomic E-state index is 0.0106. The second-order valence-electron chi connectivity index (χ2n) is 11.0. The smallest absolute Gasteiger partial charge is 0.350 e. The molecule has 212 valence electrons. The van der Waals surface area contributed by atoms with Crippen LogP contribution >= 0.6 is 11.6 Å². The lowest BCUT2D eigenvalue weighted by molar-refractivity contribution is -0.131. The number of nitrogens with one attached hydrogen (secondary N) is 1. The van der Waals surface area contributed by atoms with E-state index in [0.717, 1.165) is 11.3 Å². The maximum Gasteiger partial charge on any atom is 0.355 e. The first-order valence-electron chi connectivity index (χ1n) is 13.8. The lowest BCUT2D eigenvalue weighted by Gasteiger charge is -2.41. The number of halogens is 2. The Hall–Kier alpha value is -3.89. The molecule has 6 rings (SSSR count). The summed E-state index contributed by atoms with van der Waals surface area (Å²) in [5.74, 6) is 0.0747. The number of carbonyl (C=O) groups is 1. The minimum atomic E-state index is -0.521. The molecule has 2 saturated heterocycles. The van der Waals surface area contributed by atoms with Crippen LogP contribution in [0, 0.1) is 12.7 Å². The van der Waals surface area contributed by atoms with Crippen molar-refractivity contribution in [3.8, 4) is 16.9 Å². The molecule has 0 spiro atoms. The SMILES string of the molecule is Cc1ccnc(C(C)C)c1-n1c(=O)nc(N2CCN(C(=O)[C@H]3CN3)C[C@@H]2C)c2cc(Cl)c(-c3ccccc3F)nc21. The molecule has 1 N–H and O–H groups in total. The van der Waals surface area contributed by atoms with E-state index in [1.54, 1.807) is 30.5 Å². The average molecular weight is 576 g/mol. The number of aryl methyl sites for hydroxylation is 1. The quantitative estimate of drug-likeness (QED) is 0.357. The maximum absolute atomic E-state index is 14.9. The van der Waals surface area contributed by atoms with Gasteiger partial charge in [-0.25, -0.2) is 18.7 Å². The summed E-state index contributed by atoms with van der Waals surface area (Å²) in [4.78, 5) is 44.6. The summed E-state index contributed by atoms with van der Waals surface area (Å²) in [6.07, 6.45) is 1.72. The van der Waals surface area contributed by atoms with Crippen molar-refractivity contribution in [1.29, 1.82) is 0 Å². The van der Waals surface area contributed by atoms with E-state index in [4.69, 9.17) is 16.6 Å². The third-order valence-electron chi connectivity index (χ3n) is 7.77. The number of carbonyl (C=O) groups excluding carboxylic acids is 1. The van der Waals surface area contributed by atoms with Crippen molar-refractivity contribution in [2.24, 2.45) is 0 Å². The highest BCUT2D eigenvalue weighted by Gasteiger charge is 2.37. The molecule has 0 aliphatic carbocycles. The number of piperazine rings is 1. The summed E-state index contributed by atoms with van der Waals surface area (Å²) in [6.45, 7) is 10.1. The molecule has 2 atom stereocenters. The number of hydrogen-bond donors (Lipinski definition) is 1. The van der Waals surface area contributed by atoms with Crippen LogP contribution in [-0.4, -0.2) is 68.6 Å². The van der Waals surface area contributed by atoms with Gasteiger partial charge in [-0.05, 0) is 49.6 Å². The van der Waals surface area contributed by atoms with Crippen LogP contribution in [0.5, 0.6) is 0 Å². The molecule has 2 fully saturated rings. The number of rotatable bonds is 5. The highest BCUT2D eigenvalue weighted by molar-refractivity contribution is 6.33. The molecule has 3 aromatic heterocycles. The molecule has 4 aromatic rings. The number of pyridine rings is 2. The van der Waals surface area contributed by atoms with E-state index in [0.29, 0.717) is 48.7 Å². The summed E-state index contributed by atoms with van der Waals surface area (Å²) in [5.41, 5.74) is 2.42. The number of aromatic nitrogens is 4. The van der Waals surface area contributed by atoms with Crippen molar-refractivity contribution < 1.29 is 9.18 Å². The van der Waals surface area contributed by atoms with E-state index in [1.165, 1.54) is 10.6 Å². The minimum Gasteiger partial charge on any atom is -0.350 e. The summed E-state index contributed by atoms with van der Waals surface area (Å²) < 4.78 is 16.4. The fourth-order valence-electron chi connectivity index (χ4n) is 5.58. The van der Waals surface area contributed by atoms with Gasteiger partial charge in [-0.3, -0.25) is 9.78 Å². The second kappa shape index (κ2) is 10.5. The van der Waals surface area contributed by atoms with Crippen molar-refractivity contribution in [3.63, 3.8) is 0 Å². The molecule has 2 aliphatic heterocycles. The summed E-state index contributed by atoms with van der Waals surface area (Å²) in [7, 11) is 0. The first kappa shape index (κ1) is 27.3. The van der Waals surface area contributed by atoms with Crippen molar-refractivity contribution in [2.75, 3.05) is 31.1 Å². The van der Waals surface area contributed by atoms with Crippen LogP contribution in [-0.2, 0) is 4.79 Å². The Bertz CT molecular complexity index is 1740. The molecule has 1 amide bonds. The zero-order valence-corrected chi connectivity index (χ0v) is 24.1. The summed E-state index contributed by atoms with van der Waals surface area (Å²) in [5, 5.41) is 3.87. The molecule has 5 heterocycles. The first-order chi connectivity index (χ1) is 19.7. The van der Waals surface area contributed by atoms with Crippen LogP contribution in [0.25, 0.3) is 28.0 Å². The Morgan fingerprint density at radius 2 is 1.93 bits per heavy atom. The zero-order chi connectivity index (χ0) is 29.0. The highest BCUT2D eigenvalue weighted by Crippen LogP contribution is 2.36.